The van der Waals surface area contributed by atoms with Crippen LogP contribution in [0.1, 0.15) is 19.8 Å². The topological polar surface area (TPSA) is 37.4 Å². The lowest BCUT2D eigenvalue weighted by Crippen LogP contribution is -2.28. The molecule has 0 fully saturated rings. The summed E-state index contributed by atoms with van der Waals surface area (Å²) in [6, 6.07) is 3.28. The summed E-state index contributed by atoms with van der Waals surface area (Å²) in [5.41, 5.74) is 0. The van der Waals surface area contributed by atoms with Crippen LogP contribution in [0.3, 0.4) is 0 Å². The average molecular weight is 280 g/mol. The van der Waals surface area contributed by atoms with Gasteiger partial charge in [0.1, 0.15) is 10.7 Å². The Balaban J connectivity index is 3.04. The number of halogens is 2. The van der Waals surface area contributed by atoms with Crippen LogP contribution in [-0.2, 0) is 10.0 Å². The van der Waals surface area contributed by atoms with Crippen LogP contribution in [0.25, 0.3) is 0 Å². The van der Waals surface area contributed by atoms with Gasteiger partial charge in [0.2, 0.25) is 10.0 Å². The Hall–Kier alpha value is -0.650. The van der Waals surface area contributed by atoms with Crippen LogP contribution in [0.2, 0.25) is 5.02 Å². The molecule has 0 bridgehead atoms. The summed E-state index contributed by atoms with van der Waals surface area (Å²) < 4.78 is 38.3. The molecule has 0 amide bonds. The highest BCUT2D eigenvalue weighted by molar-refractivity contribution is 7.89. The standard InChI is InChI=1S/C11H15ClFNO2S/c1-3-4-7-14(2)17(15,16)11-6-5-9(13)8-10(11)12/h5-6,8H,3-4,7H2,1-2H3. The zero-order chi connectivity index (χ0) is 13.1. The van der Waals surface area contributed by atoms with Gasteiger partial charge in [0.25, 0.3) is 0 Å². The SMILES string of the molecule is CCCCN(C)S(=O)(=O)c1ccc(F)cc1Cl. The molecule has 0 aliphatic rings. The second-order valence-corrected chi connectivity index (χ2v) is 6.18. The Labute approximate surface area is 106 Å². The number of nitrogens with zero attached hydrogens (tertiary/aromatic N) is 1. The van der Waals surface area contributed by atoms with Gasteiger partial charge in [-0.2, -0.15) is 0 Å². The number of hydrogen-bond donors (Lipinski definition) is 0. The van der Waals surface area contributed by atoms with E-state index in [-0.39, 0.29) is 9.92 Å². The average Bonchev–Trinajstić information content (AvgIpc) is 2.25. The molecule has 0 aliphatic carbocycles. The van der Waals surface area contributed by atoms with E-state index in [1.54, 1.807) is 0 Å². The number of hydrogen-bond acceptors (Lipinski definition) is 2. The van der Waals surface area contributed by atoms with Gasteiger partial charge >= 0.3 is 0 Å². The molecule has 0 unspecified atom stereocenters. The van der Waals surface area contributed by atoms with Crippen LogP contribution in [0.4, 0.5) is 4.39 Å². The molecule has 0 radical (unpaired) electrons. The van der Waals surface area contributed by atoms with Crippen molar-refractivity contribution < 1.29 is 12.8 Å². The van der Waals surface area contributed by atoms with E-state index in [0.29, 0.717) is 6.54 Å². The lowest BCUT2D eigenvalue weighted by Gasteiger charge is -2.17. The number of benzene rings is 1. The van der Waals surface area contributed by atoms with Crippen molar-refractivity contribution in [2.24, 2.45) is 0 Å². The Morgan fingerprint density at radius 2 is 2.06 bits per heavy atom. The summed E-state index contributed by atoms with van der Waals surface area (Å²) in [5.74, 6) is -0.551. The Kier molecular flexibility index (Phi) is 4.91. The monoisotopic (exact) mass is 279 g/mol. The fourth-order valence-corrected chi connectivity index (χ4v) is 3.06. The van der Waals surface area contributed by atoms with Crippen molar-refractivity contribution in [1.29, 1.82) is 0 Å². The van der Waals surface area contributed by atoms with Crippen LogP contribution in [-0.4, -0.2) is 26.3 Å². The largest absolute Gasteiger partial charge is 0.244 e. The van der Waals surface area contributed by atoms with Crippen molar-refractivity contribution in [3.63, 3.8) is 0 Å². The minimum absolute atomic E-state index is 0.0563. The minimum atomic E-state index is -3.62. The molecule has 0 heterocycles. The fourth-order valence-electron chi connectivity index (χ4n) is 1.35. The van der Waals surface area contributed by atoms with E-state index in [1.807, 2.05) is 6.92 Å². The summed E-state index contributed by atoms with van der Waals surface area (Å²) in [6.45, 7) is 2.40. The van der Waals surface area contributed by atoms with Gasteiger partial charge in [-0.3, -0.25) is 0 Å². The highest BCUT2D eigenvalue weighted by atomic mass is 35.5. The lowest BCUT2D eigenvalue weighted by molar-refractivity contribution is 0.459. The Bertz CT molecular complexity index is 490. The molecule has 3 nitrogen and oxygen atoms in total. The van der Waals surface area contributed by atoms with E-state index < -0.39 is 15.8 Å². The first-order valence-electron chi connectivity index (χ1n) is 5.31. The summed E-state index contributed by atoms with van der Waals surface area (Å²) >= 11 is 5.75. The Morgan fingerprint density at radius 3 is 2.59 bits per heavy atom. The summed E-state index contributed by atoms with van der Waals surface area (Å²) in [6.07, 6.45) is 1.67. The van der Waals surface area contributed by atoms with Crippen LogP contribution >= 0.6 is 11.6 Å². The molecule has 0 saturated carbocycles. The zero-order valence-electron chi connectivity index (χ0n) is 9.78. The van der Waals surface area contributed by atoms with Crippen LogP contribution in [0.5, 0.6) is 0 Å². The van der Waals surface area contributed by atoms with Gasteiger partial charge in [0.15, 0.2) is 0 Å². The van der Waals surface area contributed by atoms with Crippen molar-refractivity contribution >= 4 is 21.6 Å². The highest BCUT2D eigenvalue weighted by Crippen LogP contribution is 2.24. The van der Waals surface area contributed by atoms with E-state index in [0.717, 1.165) is 25.0 Å². The van der Waals surface area contributed by atoms with Crippen LogP contribution in [0, 0.1) is 5.82 Å². The maximum absolute atomic E-state index is 12.8. The number of sulfonamides is 1. The lowest BCUT2D eigenvalue weighted by atomic mass is 10.3. The van der Waals surface area contributed by atoms with Gasteiger partial charge in [-0.05, 0) is 24.6 Å². The van der Waals surface area contributed by atoms with Gasteiger partial charge in [-0.15, -0.1) is 0 Å². The first-order valence-corrected chi connectivity index (χ1v) is 7.12. The maximum atomic E-state index is 12.8. The molecular formula is C11H15ClFNO2S. The number of unbranched alkanes of at least 4 members (excludes halogenated alkanes) is 1. The second-order valence-electron chi connectivity index (χ2n) is 3.75. The van der Waals surface area contributed by atoms with Gasteiger partial charge in [0.05, 0.1) is 5.02 Å². The zero-order valence-corrected chi connectivity index (χ0v) is 11.4. The van der Waals surface area contributed by atoms with Crippen molar-refractivity contribution in [2.45, 2.75) is 24.7 Å². The third kappa shape index (κ3) is 3.40. The fraction of sp³-hybridized carbons (Fsp3) is 0.455. The van der Waals surface area contributed by atoms with Gasteiger partial charge in [0, 0.05) is 13.6 Å². The molecule has 6 heteroatoms. The quantitative estimate of drug-likeness (QED) is 0.831. The molecule has 17 heavy (non-hydrogen) atoms. The second kappa shape index (κ2) is 5.80. The predicted octanol–water partition coefficient (Wildman–Crippen LogP) is 2.90. The Morgan fingerprint density at radius 1 is 1.41 bits per heavy atom. The van der Waals surface area contributed by atoms with E-state index in [9.17, 15) is 12.8 Å². The summed E-state index contributed by atoms with van der Waals surface area (Å²) in [5, 5.41) is -0.0895. The van der Waals surface area contributed by atoms with Crippen molar-refractivity contribution in [3.05, 3.63) is 29.0 Å². The molecule has 0 aromatic heterocycles. The molecule has 0 saturated heterocycles. The van der Waals surface area contributed by atoms with Crippen LogP contribution < -0.4 is 0 Å². The van der Waals surface area contributed by atoms with Crippen LogP contribution in [0.15, 0.2) is 23.1 Å². The highest BCUT2D eigenvalue weighted by Gasteiger charge is 2.23. The third-order valence-corrected chi connectivity index (χ3v) is 4.75. The smallest absolute Gasteiger partial charge is 0.207 e. The van der Waals surface area contributed by atoms with E-state index in [2.05, 4.69) is 0 Å². The molecular weight excluding hydrogens is 265 g/mol. The molecule has 0 N–H and O–H groups in total. The van der Waals surface area contributed by atoms with Crippen molar-refractivity contribution in [1.82, 2.24) is 4.31 Å². The first-order chi connectivity index (χ1) is 7.89. The van der Waals surface area contributed by atoms with Gasteiger partial charge in [-0.1, -0.05) is 24.9 Å². The predicted molar refractivity (Wildman–Crippen MR) is 66.1 cm³/mol. The first kappa shape index (κ1) is 14.4. The maximum Gasteiger partial charge on any atom is 0.244 e. The number of rotatable bonds is 5. The molecule has 96 valence electrons. The molecule has 1 aromatic rings. The molecule has 0 spiro atoms. The molecule has 1 rings (SSSR count). The van der Waals surface area contributed by atoms with Crippen molar-refractivity contribution in [2.75, 3.05) is 13.6 Å². The molecule has 0 aliphatic heterocycles. The van der Waals surface area contributed by atoms with E-state index >= 15 is 0 Å². The van der Waals surface area contributed by atoms with Crippen molar-refractivity contribution in [3.8, 4) is 0 Å². The summed E-state index contributed by atoms with van der Waals surface area (Å²) in [4.78, 5) is -0.0563. The van der Waals surface area contributed by atoms with E-state index in [1.165, 1.54) is 17.4 Å². The normalized spacial score (nSPS) is 12.1. The van der Waals surface area contributed by atoms with Gasteiger partial charge in [-0.25, -0.2) is 17.1 Å². The summed E-state index contributed by atoms with van der Waals surface area (Å²) in [7, 11) is -2.13. The molecule has 0 atom stereocenters. The third-order valence-electron chi connectivity index (χ3n) is 2.41. The minimum Gasteiger partial charge on any atom is -0.207 e. The van der Waals surface area contributed by atoms with Gasteiger partial charge < -0.3 is 0 Å². The molecule has 1 aromatic carbocycles. The van der Waals surface area contributed by atoms with E-state index in [4.69, 9.17) is 11.6 Å².